The molecule has 1 aliphatic rings. The van der Waals surface area contributed by atoms with Crippen molar-refractivity contribution >= 4 is 21.8 Å². The van der Waals surface area contributed by atoms with Crippen LogP contribution in [0.5, 0.6) is 11.5 Å². The van der Waals surface area contributed by atoms with Gasteiger partial charge in [-0.3, -0.25) is 20.4 Å². The fourth-order valence-electron chi connectivity index (χ4n) is 2.59. The molecule has 3 N–H and O–H groups in total. The Kier molecular flexibility index (Phi) is 6.76. The van der Waals surface area contributed by atoms with Gasteiger partial charge in [-0.25, -0.2) is 17.5 Å². The van der Waals surface area contributed by atoms with E-state index in [0.717, 1.165) is 18.9 Å². The molecule has 2 amide bonds. The van der Waals surface area contributed by atoms with Gasteiger partial charge in [0, 0.05) is 11.6 Å². The molecule has 0 bridgehead atoms. The molecule has 166 valence electrons. The summed E-state index contributed by atoms with van der Waals surface area (Å²) in [6.07, 6.45) is 0.397. The molecular weight excluding hydrogens is 429 g/mol. The molecule has 2 aromatic carbocycles. The number of amides is 2. The summed E-state index contributed by atoms with van der Waals surface area (Å²) in [7, 11) is -2.56. The van der Waals surface area contributed by atoms with E-state index in [-0.39, 0.29) is 28.0 Å². The Balaban J connectivity index is 1.65. The average Bonchev–Trinajstić information content (AvgIpc) is 3.56. The number of hydrogen-bond acceptors (Lipinski definition) is 6. The van der Waals surface area contributed by atoms with Gasteiger partial charge < -0.3 is 9.47 Å². The van der Waals surface area contributed by atoms with Gasteiger partial charge in [-0.15, -0.1) is 0 Å². The molecule has 0 saturated heterocycles. The second kappa shape index (κ2) is 9.31. The molecule has 0 heterocycles. The summed E-state index contributed by atoms with van der Waals surface area (Å²) in [5.74, 6) is -2.13. The molecule has 1 unspecified atom stereocenters. The molecular formula is C20H22FN3O6S. The van der Waals surface area contributed by atoms with Crippen LogP contribution in [0.3, 0.4) is 0 Å². The lowest BCUT2D eigenvalue weighted by atomic mass is 10.2. The maximum absolute atomic E-state index is 13.6. The number of rotatable bonds is 8. The fraction of sp³-hybridized carbons (Fsp3) is 0.300. The third-order valence-corrected chi connectivity index (χ3v) is 5.97. The molecule has 1 saturated carbocycles. The summed E-state index contributed by atoms with van der Waals surface area (Å²) in [6, 6.07) is 9.33. The summed E-state index contributed by atoms with van der Waals surface area (Å²) < 4.78 is 51.6. The first-order valence-corrected chi connectivity index (χ1v) is 10.9. The predicted octanol–water partition coefficient (Wildman–Crippen LogP) is 1.50. The number of methoxy groups -OCH3 is 1. The molecule has 1 aliphatic carbocycles. The van der Waals surface area contributed by atoms with Crippen LogP contribution in [-0.2, 0) is 14.8 Å². The Labute approximate surface area is 178 Å². The van der Waals surface area contributed by atoms with E-state index >= 15 is 0 Å². The van der Waals surface area contributed by atoms with Crippen molar-refractivity contribution in [3.8, 4) is 11.5 Å². The first-order valence-electron chi connectivity index (χ1n) is 9.43. The van der Waals surface area contributed by atoms with Gasteiger partial charge in [-0.1, -0.05) is 12.1 Å². The van der Waals surface area contributed by atoms with Gasteiger partial charge >= 0.3 is 0 Å². The van der Waals surface area contributed by atoms with E-state index < -0.39 is 33.8 Å². The summed E-state index contributed by atoms with van der Waals surface area (Å²) in [5.41, 5.74) is 4.33. The minimum absolute atomic E-state index is 0.0139. The van der Waals surface area contributed by atoms with Crippen LogP contribution in [0.25, 0.3) is 0 Å². The van der Waals surface area contributed by atoms with Crippen molar-refractivity contribution < 1.29 is 31.9 Å². The molecule has 2 aromatic rings. The van der Waals surface area contributed by atoms with Crippen molar-refractivity contribution in [2.75, 3.05) is 7.11 Å². The van der Waals surface area contributed by atoms with Crippen molar-refractivity contribution in [1.82, 2.24) is 15.6 Å². The van der Waals surface area contributed by atoms with E-state index in [1.165, 1.54) is 44.4 Å². The third kappa shape index (κ3) is 5.70. The van der Waals surface area contributed by atoms with Crippen molar-refractivity contribution in [3.63, 3.8) is 0 Å². The number of hydrazine groups is 1. The van der Waals surface area contributed by atoms with Gasteiger partial charge in [-0.05, 0) is 50.1 Å². The summed E-state index contributed by atoms with van der Waals surface area (Å²) in [6.45, 7) is 1.38. The highest BCUT2D eigenvalue weighted by Gasteiger charge is 2.30. The van der Waals surface area contributed by atoms with Crippen LogP contribution in [0.15, 0.2) is 47.4 Å². The summed E-state index contributed by atoms with van der Waals surface area (Å²) in [4.78, 5) is 24.4. The SMILES string of the molecule is COc1ccc(C(=O)NNC(=O)C(C)Oc2ccccc2F)cc1S(=O)(=O)NC1CC1. The lowest BCUT2D eigenvalue weighted by Gasteiger charge is -2.16. The van der Waals surface area contributed by atoms with Crippen molar-refractivity contribution in [2.24, 2.45) is 0 Å². The smallest absolute Gasteiger partial charge is 0.279 e. The molecule has 0 radical (unpaired) electrons. The molecule has 0 aliphatic heterocycles. The number of nitrogens with one attached hydrogen (secondary N) is 3. The quantitative estimate of drug-likeness (QED) is 0.523. The zero-order valence-corrected chi connectivity index (χ0v) is 17.7. The number of carbonyl (C=O) groups is 2. The Bertz CT molecular complexity index is 1090. The van der Waals surface area contributed by atoms with Gasteiger partial charge in [0.05, 0.1) is 7.11 Å². The molecule has 0 aromatic heterocycles. The number of ether oxygens (including phenoxy) is 2. The Morgan fingerprint density at radius 2 is 1.81 bits per heavy atom. The third-order valence-electron chi connectivity index (χ3n) is 4.42. The van der Waals surface area contributed by atoms with E-state index in [0.29, 0.717) is 0 Å². The molecule has 31 heavy (non-hydrogen) atoms. The highest BCUT2D eigenvalue weighted by Crippen LogP contribution is 2.28. The topological polar surface area (TPSA) is 123 Å². The predicted molar refractivity (Wildman–Crippen MR) is 108 cm³/mol. The fourth-order valence-corrected chi connectivity index (χ4v) is 4.09. The van der Waals surface area contributed by atoms with Crippen molar-refractivity contribution in [2.45, 2.75) is 36.8 Å². The van der Waals surface area contributed by atoms with Crippen LogP contribution >= 0.6 is 0 Å². The molecule has 1 atom stereocenters. The number of sulfonamides is 1. The maximum atomic E-state index is 13.6. The van der Waals surface area contributed by atoms with E-state index in [4.69, 9.17) is 9.47 Å². The van der Waals surface area contributed by atoms with Gasteiger partial charge in [0.25, 0.3) is 11.8 Å². The van der Waals surface area contributed by atoms with Crippen LogP contribution in [0, 0.1) is 5.82 Å². The van der Waals surface area contributed by atoms with E-state index in [2.05, 4.69) is 15.6 Å². The van der Waals surface area contributed by atoms with Crippen LogP contribution in [-0.4, -0.2) is 39.5 Å². The minimum atomic E-state index is -3.88. The van der Waals surface area contributed by atoms with Gasteiger partial charge in [0.2, 0.25) is 10.0 Å². The monoisotopic (exact) mass is 451 g/mol. The number of halogens is 1. The maximum Gasteiger partial charge on any atom is 0.279 e. The molecule has 9 nitrogen and oxygen atoms in total. The zero-order chi connectivity index (χ0) is 22.6. The summed E-state index contributed by atoms with van der Waals surface area (Å²) >= 11 is 0. The standard InChI is InChI=1S/C20H22FN3O6S/c1-12(30-16-6-4-3-5-15(16)21)19(25)22-23-20(26)13-7-10-17(29-2)18(11-13)31(27,28)24-14-8-9-14/h3-7,10-12,14,24H,8-9H2,1-2H3,(H,22,25)(H,23,26). The van der Waals surface area contributed by atoms with Crippen molar-refractivity contribution in [1.29, 1.82) is 0 Å². The first-order chi connectivity index (χ1) is 14.7. The van der Waals surface area contributed by atoms with E-state index in [1.807, 2.05) is 0 Å². The number of hydrogen-bond donors (Lipinski definition) is 3. The largest absolute Gasteiger partial charge is 0.495 e. The Morgan fingerprint density at radius 1 is 1.10 bits per heavy atom. The van der Waals surface area contributed by atoms with Crippen LogP contribution < -0.4 is 25.0 Å². The summed E-state index contributed by atoms with van der Waals surface area (Å²) in [5, 5.41) is 0. The Hall–Kier alpha value is -3.18. The highest BCUT2D eigenvalue weighted by molar-refractivity contribution is 7.89. The second-order valence-corrected chi connectivity index (χ2v) is 8.58. The normalized spacial score (nSPS) is 14.4. The number of carbonyl (C=O) groups excluding carboxylic acids is 2. The second-order valence-electron chi connectivity index (χ2n) is 6.90. The average molecular weight is 451 g/mol. The number of para-hydroxylation sites is 1. The van der Waals surface area contributed by atoms with Gasteiger partial charge in [-0.2, -0.15) is 0 Å². The van der Waals surface area contributed by atoms with Crippen LogP contribution in [0.4, 0.5) is 4.39 Å². The molecule has 3 rings (SSSR count). The van der Waals surface area contributed by atoms with Crippen molar-refractivity contribution in [3.05, 3.63) is 53.8 Å². The Morgan fingerprint density at radius 3 is 2.45 bits per heavy atom. The molecule has 0 spiro atoms. The lowest BCUT2D eigenvalue weighted by Crippen LogP contribution is -2.47. The van der Waals surface area contributed by atoms with Crippen LogP contribution in [0.2, 0.25) is 0 Å². The van der Waals surface area contributed by atoms with Gasteiger partial charge in [0.1, 0.15) is 10.6 Å². The van der Waals surface area contributed by atoms with E-state index in [1.54, 1.807) is 6.07 Å². The van der Waals surface area contributed by atoms with E-state index in [9.17, 15) is 22.4 Å². The zero-order valence-electron chi connectivity index (χ0n) is 16.8. The van der Waals surface area contributed by atoms with Crippen LogP contribution in [0.1, 0.15) is 30.1 Å². The molecule has 11 heteroatoms. The lowest BCUT2D eigenvalue weighted by molar-refractivity contribution is -0.128. The number of benzene rings is 2. The molecule has 1 fully saturated rings. The first kappa shape index (κ1) is 22.5. The van der Waals surface area contributed by atoms with Gasteiger partial charge in [0.15, 0.2) is 17.7 Å². The minimum Gasteiger partial charge on any atom is -0.495 e. The highest BCUT2D eigenvalue weighted by atomic mass is 32.2.